The second kappa shape index (κ2) is 7.29. The van der Waals surface area contributed by atoms with Crippen molar-refractivity contribution in [1.82, 2.24) is 9.97 Å². The van der Waals surface area contributed by atoms with Gasteiger partial charge in [-0.05, 0) is 47.8 Å². The van der Waals surface area contributed by atoms with E-state index < -0.39 is 0 Å². The number of para-hydroxylation sites is 1. The fraction of sp³-hybridized carbons (Fsp3) is 0. The number of aromatic nitrogens is 2. The summed E-state index contributed by atoms with van der Waals surface area (Å²) in [5.74, 6) is 2.44. The van der Waals surface area contributed by atoms with Gasteiger partial charge in [0, 0.05) is 5.69 Å². The number of nitrogens with zero attached hydrogens (tertiary/aromatic N) is 2. The number of fused-ring (bicyclic) bond motifs is 1. The quantitative estimate of drug-likeness (QED) is 0.514. The SMILES string of the molecule is Cl.c1ccc(Oc2ccc(Nc3ncnc4ccsc34)cc2)cc1. The van der Waals surface area contributed by atoms with Gasteiger partial charge in [0.05, 0.1) is 10.2 Å². The van der Waals surface area contributed by atoms with Crippen LogP contribution in [-0.2, 0) is 0 Å². The zero-order valence-electron chi connectivity index (χ0n) is 12.5. The summed E-state index contributed by atoms with van der Waals surface area (Å²) in [6.07, 6.45) is 1.57. The van der Waals surface area contributed by atoms with Crippen LogP contribution in [-0.4, -0.2) is 9.97 Å². The lowest BCUT2D eigenvalue weighted by molar-refractivity contribution is 0.483. The lowest BCUT2D eigenvalue weighted by Crippen LogP contribution is -1.94. The smallest absolute Gasteiger partial charge is 0.151 e. The Morgan fingerprint density at radius 1 is 0.833 bits per heavy atom. The van der Waals surface area contributed by atoms with Crippen molar-refractivity contribution in [2.24, 2.45) is 0 Å². The van der Waals surface area contributed by atoms with Crippen LogP contribution in [0.4, 0.5) is 11.5 Å². The Kier molecular flexibility index (Phi) is 4.93. The minimum absolute atomic E-state index is 0. The molecule has 0 aliphatic carbocycles. The van der Waals surface area contributed by atoms with Crippen LogP contribution in [0.15, 0.2) is 72.4 Å². The molecule has 2 aromatic carbocycles. The summed E-state index contributed by atoms with van der Waals surface area (Å²) in [6, 6.07) is 19.5. The highest BCUT2D eigenvalue weighted by Crippen LogP contribution is 2.28. The van der Waals surface area contributed by atoms with E-state index in [2.05, 4.69) is 15.3 Å². The number of benzene rings is 2. The van der Waals surface area contributed by atoms with Gasteiger partial charge in [-0.1, -0.05) is 18.2 Å². The van der Waals surface area contributed by atoms with E-state index >= 15 is 0 Å². The molecule has 0 saturated heterocycles. The second-order valence-electron chi connectivity index (χ2n) is 4.92. The van der Waals surface area contributed by atoms with Crippen LogP contribution in [0.3, 0.4) is 0 Å². The maximum absolute atomic E-state index is 5.79. The van der Waals surface area contributed by atoms with Gasteiger partial charge < -0.3 is 10.1 Å². The number of thiophene rings is 1. The minimum atomic E-state index is 0. The topological polar surface area (TPSA) is 47.0 Å². The number of ether oxygens (including phenoxy) is 1. The van der Waals surface area contributed by atoms with E-state index in [-0.39, 0.29) is 12.4 Å². The lowest BCUT2D eigenvalue weighted by atomic mass is 10.3. The van der Waals surface area contributed by atoms with Crippen molar-refractivity contribution in [2.45, 2.75) is 0 Å². The molecule has 0 aliphatic heterocycles. The molecule has 120 valence electrons. The molecule has 24 heavy (non-hydrogen) atoms. The Bertz CT molecular complexity index is 926. The molecule has 0 radical (unpaired) electrons. The predicted molar refractivity (Wildman–Crippen MR) is 101 cm³/mol. The van der Waals surface area contributed by atoms with Gasteiger partial charge in [-0.3, -0.25) is 0 Å². The first-order valence-corrected chi connectivity index (χ1v) is 8.05. The van der Waals surface area contributed by atoms with E-state index in [1.165, 1.54) is 0 Å². The van der Waals surface area contributed by atoms with Crippen molar-refractivity contribution in [1.29, 1.82) is 0 Å². The Morgan fingerprint density at radius 2 is 1.58 bits per heavy atom. The third-order valence-electron chi connectivity index (χ3n) is 3.34. The molecule has 0 unspecified atom stereocenters. The van der Waals surface area contributed by atoms with Crippen LogP contribution >= 0.6 is 23.7 Å². The van der Waals surface area contributed by atoms with Crippen LogP contribution in [0.25, 0.3) is 10.2 Å². The van der Waals surface area contributed by atoms with Crippen molar-refractivity contribution in [2.75, 3.05) is 5.32 Å². The molecule has 4 nitrogen and oxygen atoms in total. The fourth-order valence-corrected chi connectivity index (χ4v) is 3.04. The number of nitrogens with one attached hydrogen (secondary N) is 1. The van der Waals surface area contributed by atoms with Gasteiger partial charge in [0.1, 0.15) is 17.8 Å². The van der Waals surface area contributed by atoms with E-state index in [0.29, 0.717) is 0 Å². The molecule has 2 heterocycles. The highest BCUT2D eigenvalue weighted by atomic mass is 35.5. The number of halogens is 1. The maximum atomic E-state index is 5.79. The normalized spacial score (nSPS) is 10.2. The first kappa shape index (κ1) is 16.2. The maximum Gasteiger partial charge on any atom is 0.151 e. The molecular weight excluding hydrogens is 342 g/mol. The molecule has 0 spiro atoms. The first-order valence-electron chi connectivity index (χ1n) is 7.17. The highest BCUT2D eigenvalue weighted by Gasteiger charge is 2.05. The number of hydrogen-bond donors (Lipinski definition) is 1. The summed E-state index contributed by atoms with van der Waals surface area (Å²) in [5.41, 5.74) is 1.91. The van der Waals surface area contributed by atoms with E-state index in [0.717, 1.165) is 33.2 Å². The highest BCUT2D eigenvalue weighted by molar-refractivity contribution is 7.17. The summed E-state index contributed by atoms with van der Waals surface area (Å²) < 4.78 is 6.84. The van der Waals surface area contributed by atoms with Gasteiger partial charge in [-0.2, -0.15) is 0 Å². The predicted octanol–water partition coefficient (Wildman–Crippen LogP) is 5.65. The molecule has 1 N–H and O–H groups in total. The summed E-state index contributed by atoms with van der Waals surface area (Å²) in [5, 5.41) is 5.34. The van der Waals surface area contributed by atoms with Crippen molar-refractivity contribution in [3.8, 4) is 11.5 Å². The Morgan fingerprint density at radius 3 is 2.38 bits per heavy atom. The largest absolute Gasteiger partial charge is 0.457 e. The summed E-state index contributed by atoms with van der Waals surface area (Å²) >= 11 is 1.63. The Hall–Kier alpha value is -2.63. The van der Waals surface area contributed by atoms with E-state index in [4.69, 9.17) is 4.74 Å². The van der Waals surface area contributed by atoms with Gasteiger partial charge >= 0.3 is 0 Å². The van der Waals surface area contributed by atoms with Crippen LogP contribution in [0.2, 0.25) is 0 Å². The minimum Gasteiger partial charge on any atom is -0.457 e. The average molecular weight is 356 g/mol. The lowest BCUT2D eigenvalue weighted by Gasteiger charge is -2.08. The summed E-state index contributed by atoms with van der Waals surface area (Å²) in [7, 11) is 0. The summed E-state index contributed by atoms with van der Waals surface area (Å²) in [6.45, 7) is 0. The standard InChI is InChI=1S/C18H13N3OS.ClH/c1-2-4-14(5-3-1)22-15-8-6-13(7-9-15)21-18-17-16(10-11-23-17)19-12-20-18;/h1-12H,(H,19,20,21);1H. The zero-order valence-corrected chi connectivity index (χ0v) is 14.2. The van der Waals surface area contributed by atoms with Crippen molar-refractivity contribution in [3.05, 3.63) is 72.4 Å². The van der Waals surface area contributed by atoms with Gasteiger partial charge in [-0.15, -0.1) is 23.7 Å². The van der Waals surface area contributed by atoms with E-state index in [1.807, 2.05) is 66.0 Å². The van der Waals surface area contributed by atoms with Crippen LogP contribution < -0.4 is 10.1 Å². The second-order valence-corrected chi connectivity index (χ2v) is 5.84. The molecule has 0 bridgehead atoms. The van der Waals surface area contributed by atoms with Gasteiger partial charge in [-0.25, -0.2) is 9.97 Å². The molecule has 0 saturated carbocycles. The van der Waals surface area contributed by atoms with Gasteiger partial charge in [0.25, 0.3) is 0 Å². The molecule has 2 aromatic heterocycles. The fourth-order valence-electron chi connectivity index (χ4n) is 2.25. The van der Waals surface area contributed by atoms with Crippen molar-refractivity contribution >= 4 is 45.5 Å². The number of hydrogen-bond acceptors (Lipinski definition) is 5. The molecule has 6 heteroatoms. The molecule has 4 aromatic rings. The monoisotopic (exact) mass is 355 g/mol. The molecule has 0 amide bonds. The molecule has 0 aliphatic rings. The summed E-state index contributed by atoms with van der Waals surface area (Å²) in [4.78, 5) is 8.57. The Balaban J connectivity index is 0.00000169. The van der Waals surface area contributed by atoms with Crippen molar-refractivity contribution in [3.63, 3.8) is 0 Å². The third-order valence-corrected chi connectivity index (χ3v) is 4.25. The Labute approximate surface area is 149 Å². The molecule has 0 atom stereocenters. The van der Waals surface area contributed by atoms with Crippen molar-refractivity contribution < 1.29 is 4.74 Å². The number of anilines is 2. The van der Waals surface area contributed by atoms with Crippen LogP contribution in [0.1, 0.15) is 0 Å². The average Bonchev–Trinajstić information content (AvgIpc) is 3.07. The van der Waals surface area contributed by atoms with E-state index in [1.54, 1.807) is 17.7 Å². The first-order chi connectivity index (χ1) is 11.4. The van der Waals surface area contributed by atoms with Gasteiger partial charge in [0.2, 0.25) is 0 Å². The zero-order chi connectivity index (χ0) is 15.5. The van der Waals surface area contributed by atoms with Crippen LogP contribution in [0.5, 0.6) is 11.5 Å². The molecular formula is C18H14ClN3OS. The third kappa shape index (κ3) is 3.48. The van der Waals surface area contributed by atoms with Crippen LogP contribution in [0, 0.1) is 0 Å². The van der Waals surface area contributed by atoms with E-state index in [9.17, 15) is 0 Å². The molecule has 0 fully saturated rings. The van der Waals surface area contributed by atoms with Gasteiger partial charge in [0.15, 0.2) is 5.82 Å². The molecule has 4 rings (SSSR count). The number of rotatable bonds is 4.